The van der Waals surface area contributed by atoms with E-state index in [-0.39, 0.29) is 11.7 Å². The Morgan fingerprint density at radius 3 is 2.44 bits per heavy atom. The molecule has 9 heteroatoms. The van der Waals surface area contributed by atoms with E-state index in [0.29, 0.717) is 47.6 Å². The fourth-order valence-electron chi connectivity index (χ4n) is 3.04. The van der Waals surface area contributed by atoms with Crippen LogP contribution in [-0.4, -0.2) is 34.2 Å². The molecule has 2 heterocycles. The van der Waals surface area contributed by atoms with Gasteiger partial charge in [0.15, 0.2) is 5.82 Å². The number of halogens is 1. The van der Waals surface area contributed by atoms with Crippen LogP contribution in [0.1, 0.15) is 15.9 Å². The van der Waals surface area contributed by atoms with Crippen molar-refractivity contribution in [2.75, 3.05) is 23.7 Å². The van der Waals surface area contributed by atoms with Gasteiger partial charge in [-0.2, -0.15) is 0 Å². The van der Waals surface area contributed by atoms with E-state index in [1.54, 1.807) is 42.6 Å². The van der Waals surface area contributed by atoms with Crippen molar-refractivity contribution in [1.29, 1.82) is 0 Å². The minimum Gasteiger partial charge on any atom is -0.457 e. The van der Waals surface area contributed by atoms with E-state index in [0.717, 1.165) is 5.56 Å². The summed E-state index contributed by atoms with van der Waals surface area (Å²) in [5, 5.41) is 17.3. The van der Waals surface area contributed by atoms with Gasteiger partial charge < -0.3 is 20.7 Å². The van der Waals surface area contributed by atoms with Crippen molar-refractivity contribution >= 4 is 23.4 Å². The van der Waals surface area contributed by atoms with Crippen molar-refractivity contribution in [3.8, 4) is 11.5 Å². The third kappa shape index (κ3) is 6.49. The van der Waals surface area contributed by atoms with Gasteiger partial charge in [0.2, 0.25) is 0 Å². The number of aryl methyl sites for hydroxylation is 1. The van der Waals surface area contributed by atoms with Crippen LogP contribution in [0.25, 0.3) is 0 Å². The molecule has 0 aliphatic carbocycles. The molecule has 0 saturated heterocycles. The van der Waals surface area contributed by atoms with Crippen molar-refractivity contribution < 1.29 is 13.9 Å². The summed E-state index contributed by atoms with van der Waals surface area (Å²) in [5.41, 5.74) is 1.55. The maximum absolute atomic E-state index is 13.0. The summed E-state index contributed by atoms with van der Waals surface area (Å²) in [5.74, 6) is 2.27. The second-order valence-electron chi connectivity index (χ2n) is 7.41. The van der Waals surface area contributed by atoms with Gasteiger partial charge in [0.05, 0.1) is 0 Å². The normalized spacial score (nSPS) is 10.4. The zero-order chi connectivity index (χ0) is 23.8. The number of benzene rings is 2. The highest BCUT2D eigenvalue weighted by Crippen LogP contribution is 2.22. The summed E-state index contributed by atoms with van der Waals surface area (Å²) >= 11 is 0. The van der Waals surface area contributed by atoms with Gasteiger partial charge in [-0.05, 0) is 79.2 Å². The molecule has 0 saturated carbocycles. The van der Waals surface area contributed by atoms with E-state index in [1.807, 2.05) is 19.1 Å². The lowest BCUT2D eigenvalue weighted by Gasteiger charge is -2.10. The predicted octanol–water partition coefficient (Wildman–Crippen LogP) is 4.70. The van der Waals surface area contributed by atoms with E-state index in [9.17, 15) is 9.18 Å². The first-order chi connectivity index (χ1) is 16.5. The molecule has 3 N–H and O–H groups in total. The Labute approximate surface area is 196 Å². The SMILES string of the molecule is Cc1ccnc(Nc2ccc(NCCNC(=O)c3cccc(Oc4ccc(F)cc4)c3)nn2)c1. The molecule has 8 nitrogen and oxygen atoms in total. The van der Waals surface area contributed by atoms with Gasteiger partial charge >= 0.3 is 0 Å². The summed E-state index contributed by atoms with van der Waals surface area (Å²) in [6.45, 7) is 2.85. The molecule has 0 unspecified atom stereocenters. The van der Waals surface area contributed by atoms with Crippen LogP contribution in [0.15, 0.2) is 79.0 Å². The molecule has 0 fully saturated rings. The molecule has 0 atom stereocenters. The highest BCUT2D eigenvalue weighted by molar-refractivity contribution is 5.94. The lowest BCUT2D eigenvalue weighted by molar-refractivity contribution is 0.0955. The fourth-order valence-corrected chi connectivity index (χ4v) is 3.04. The van der Waals surface area contributed by atoms with Crippen LogP contribution in [0.5, 0.6) is 11.5 Å². The molecule has 0 bridgehead atoms. The van der Waals surface area contributed by atoms with Crippen molar-refractivity contribution in [2.24, 2.45) is 0 Å². The van der Waals surface area contributed by atoms with Gasteiger partial charge in [0.1, 0.15) is 29.0 Å². The average molecular weight is 458 g/mol. The molecule has 0 aliphatic heterocycles. The summed E-state index contributed by atoms with van der Waals surface area (Å²) < 4.78 is 18.7. The van der Waals surface area contributed by atoms with Gasteiger partial charge in [0, 0.05) is 24.8 Å². The highest BCUT2D eigenvalue weighted by Gasteiger charge is 2.07. The molecule has 2 aromatic carbocycles. The molecule has 0 radical (unpaired) electrons. The van der Waals surface area contributed by atoms with Crippen LogP contribution in [0, 0.1) is 12.7 Å². The largest absolute Gasteiger partial charge is 0.457 e. The summed E-state index contributed by atoms with van der Waals surface area (Å²) in [7, 11) is 0. The van der Waals surface area contributed by atoms with Crippen LogP contribution >= 0.6 is 0 Å². The highest BCUT2D eigenvalue weighted by atomic mass is 19.1. The minimum atomic E-state index is -0.341. The van der Waals surface area contributed by atoms with Crippen LogP contribution in [0.4, 0.5) is 21.8 Å². The fraction of sp³-hybridized carbons (Fsp3) is 0.120. The molecular formula is C25H23FN6O2. The first-order valence-corrected chi connectivity index (χ1v) is 10.6. The quantitative estimate of drug-likeness (QED) is 0.313. The number of carbonyl (C=O) groups is 1. The van der Waals surface area contributed by atoms with Gasteiger partial charge in [-0.1, -0.05) is 6.07 Å². The molecule has 0 spiro atoms. The lowest BCUT2D eigenvalue weighted by atomic mass is 10.2. The Morgan fingerprint density at radius 2 is 1.68 bits per heavy atom. The Morgan fingerprint density at radius 1 is 0.882 bits per heavy atom. The number of aromatic nitrogens is 3. The number of hydrogen-bond acceptors (Lipinski definition) is 7. The van der Waals surface area contributed by atoms with Crippen LogP contribution < -0.4 is 20.7 Å². The van der Waals surface area contributed by atoms with Crippen LogP contribution in [0.2, 0.25) is 0 Å². The standard InChI is InChI=1S/C25H23FN6O2/c1-17-11-12-27-24(15-17)30-23-10-9-22(31-32-23)28-13-14-29-25(33)18-3-2-4-21(16-18)34-20-7-5-19(26)6-8-20/h2-12,15-16H,13-14H2,1H3,(H,28,31)(H,29,33)(H,27,30,32). The minimum absolute atomic E-state index is 0.234. The Hall–Kier alpha value is -4.53. The number of amides is 1. The van der Waals surface area contributed by atoms with E-state index >= 15 is 0 Å². The zero-order valence-corrected chi connectivity index (χ0v) is 18.5. The Kier molecular flexibility index (Phi) is 7.24. The third-order valence-corrected chi connectivity index (χ3v) is 4.70. The number of carbonyl (C=O) groups excluding carboxylic acids is 1. The van der Waals surface area contributed by atoms with Crippen molar-refractivity contribution in [3.63, 3.8) is 0 Å². The van der Waals surface area contributed by atoms with Crippen molar-refractivity contribution in [1.82, 2.24) is 20.5 Å². The van der Waals surface area contributed by atoms with Crippen molar-refractivity contribution in [3.05, 3.63) is 95.9 Å². The van der Waals surface area contributed by atoms with Crippen LogP contribution in [-0.2, 0) is 0 Å². The number of nitrogens with one attached hydrogen (secondary N) is 3. The lowest BCUT2D eigenvalue weighted by Crippen LogP contribution is -2.28. The Bertz CT molecular complexity index is 1250. The number of anilines is 3. The van der Waals surface area contributed by atoms with Gasteiger partial charge in [-0.15, -0.1) is 10.2 Å². The molecule has 0 aliphatic rings. The monoisotopic (exact) mass is 458 g/mol. The molecule has 4 aromatic rings. The van der Waals surface area contributed by atoms with Crippen LogP contribution in [0.3, 0.4) is 0 Å². The average Bonchev–Trinajstić information content (AvgIpc) is 2.84. The van der Waals surface area contributed by atoms with Crippen molar-refractivity contribution in [2.45, 2.75) is 6.92 Å². The van der Waals surface area contributed by atoms with E-state index in [2.05, 4.69) is 31.1 Å². The zero-order valence-electron chi connectivity index (χ0n) is 18.5. The second kappa shape index (κ2) is 10.9. The van der Waals surface area contributed by atoms with Gasteiger partial charge in [-0.25, -0.2) is 9.37 Å². The summed E-state index contributed by atoms with van der Waals surface area (Å²) in [6.07, 6.45) is 1.73. The molecule has 34 heavy (non-hydrogen) atoms. The number of hydrogen-bond donors (Lipinski definition) is 3. The molecule has 172 valence electrons. The Balaban J connectivity index is 1.23. The van der Waals surface area contributed by atoms with E-state index in [1.165, 1.54) is 24.3 Å². The first kappa shape index (κ1) is 22.7. The second-order valence-corrected chi connectivity index (χ2v) is 7.41. The van der Waals surface area contributed by atoms with E-state index < -0.39 is 0 Å². The summed E-state index contributed by atoms with van der Waals surface area (Å²) in [4.78, 5) is 16.7. The first-order valence-electron chi connectivity index (χ1n) is 10.6. The van der Waals surface area contributed by atoms with Gasteiger partial charge in [-0.3, -0.25) is 4.79 Å². The van der Waals surface area contributed by atoms with E-state index in [4.69, 9.17) is 4.74 Å². The number of nitrogens with zero attached hydrogens (tertiary/aromatic N) is 3. The molecular weight excluding hydrogens is 435 g/mol. The predicted molar refractivity (Wildman–Crippen MR) is 128 cm³/mol. The smallest absolute Gasteiger partial charge is 0.251 e. The molecule has 2 aromatic heterocycles. The number of ether oxygens (including phenoxy) is 1. The molecule has 1 amide bonds. The maximum Gasteiger partial charge on any atom is 0.251 e. The topological polar surface area (TPSA) is 101 Å². The maximum atomic E-state index is 13.0. The number of pyridine rings is 1. The third-order valence-electron chi connectivity index (χ3n) is 4.70. The molecule has 4 rings (SSSR count). The van der Waals surface area contributed by atoms with Gasteiger partial charge in [0.25, 0.3) is 5.91 Å². The number of rotatable bonds is 9. The summed E-state index contributed by atoms with van der Waals surface area (Å²) in [6, 6.07) is 19.9.